The molecule has 4 aromatic rings. The predicted molar refractivity (Wildman–Crippen MR) is 117 cm³/mol. The summed E-state index contributed by atoms with van der Waals surface area (Å²) in [7, 11) is 0. The second kappa shape index (κ2) is 8.07. The number of rotatable bonds is 5. The van der Waals surface area contributed by atoms with Crippen molar-refractivity contribution in [3.8, 4) is 5.69 Å². The maximum Gasteiger partial charge on any atom is 0.250 e. The lowest BCUT2D eigenvalue weighted by atomic mass is 10.1. The topological polar surface area (TPSA) is 8.81 Å². The molecule has 0 aliphatic carbocycles. The van der Waals surface area contributed by atoms with Gasteiger partial charge in [-0.1, -0.05) is 78.0 Å². The fourth-order valence-corrected chi connectivity index (χ4v) is 4.88. The van der Waals surface area contributed by atoms with Crippen molar-refractivity contribution in [3.63, 3.8) is 0 Å². The highest BCUT2D eigenvalue weighted by Gasteiger charge is 2.22. The van der Waals surface area contributed by atoms with Crippen LogP contribution in [0.3, 0.4) is 0 Å². The predicted octanol–water partition coefficient (Wildman–Crippen LogP) is 6.03. The van der Waals surface area contributed by atoms with Crippen molar-refractivity contribution in [1.29, 1.82) is 0 Å². The highest BCUT2D eigenvalue weighted by Crippen LogP contribution is 2.32. The summed E-state index contributed by atoms with van der Waals surface area (Å²) in [6, 6.07) is 25.8. The lowest BCUT2D eigenvalue weighted by molar-refractivity contribution is -0.690. The van der Waals surface area contributed by atoms with Crippen molar-refractivity contribution >= 4 is 11.8 Å². The first-order valence-corrected chi connectivity index (χ1v) is 10.4. The van der Waals surface area contributed by atoms with E-state index in [0.717, 1.165) is 0 Å². The van der Waals surface area contributed by atoms with E-state index in [-0.39, 0.29) is 5.37 Å². The molecule has 1 atom stereocenters. The smallest absolute Gasteiger partial charge is 0.220 e. The van der Waals surface area contributed by atoms with Crippen molar-refractivity contribution in [3.05, 3.63) is 114 Å². The van der Waals surface area contributed by atoms with Crippen LogP contribution in [0.5, 0.6) is 0 Å². The molecular formula is C25H25N2S+. The number of imidazole rings is 1. The van der Waals surface area contributed by atoms with E-state index < -0.39 is 0 Å². The first-order chi connectivity index (χ1) is 13.6. The normalized spacial score (nSPS) is 12.1. The summed E-state index contributed by atoms with van der Waals surface area (Å²) in [6.07, 6.45) is 6.54. The Bertz CT molecular complexity index is 1050. The van der Waals surface area contributed by atoms with Gasteiger partial charge in [0.25, 0.3) is 0 Å². The Balaban J connectivity index is 1.74. The summed E-state index contributed by atoms with van der Waals surface area (Å²) in [4.78, 5) is 1.26. The van der Waals surface area contributed by atoms with Crippen molar-refractivity contribution in [2.45, 2.75) is 31.0 Å². The molecule has 3 aromatic carbocycles. The van der Waals surface area contributed by atoms with Gasteiger partial charge in [-0.05, 0) is 44.0 Å². The Morgan fingerprint density at radius 2 is 1.43 bits per heavy atom. The first-order valence-electron chi connectivity index (χ1n) is 9.55. The van der Waals surface area contributed by atoms with E-state index in [4.69, 9.17) is 0 Å². The lowest BCUT2D eigenvalue weighted by Gasteiger charge is -2.14. The highest BCUT2D eigenvalue weighted by molar-refractivity contribution is 7.99. The third-order valence-electron chi connectivity index (χ3n) is 4.90. The van der Waals surface area contributed by atoms with E-state index in [9.17, 15) is 0 Å². The van der Waals surface area contributed by atoms with Crippen molar-refractivity contribution < 1.29 is 4.57 Å². The maximum absolute atomic E-state index is 2.30. The van der Waals surface area contributed by atoms with Crippen molar-refractivity contribution in [2.24, 2.45) is 0 Å². The molecule has 140 valence electrons. The van der Waals surface area contributed by atoms with Crippen molar-refractivity contribution in [1.82, 2.24) is 4.57 Å². The van der Waals surface area contributed by atoms with Crippen LogP contribution >= 0.6 is 11.8 Å². The minimum absolute atomic E-state index is 0.177. The van der Waals surface area contributed by atoms with Gasteiger partial charge < -0.3 is 0 Å². The number of thioether (sulfide) groups is 1. The van der Waals surface area contributed by atoms with Gasteiger partial charge in [0.05, 0.1) is 0 Å². The molecule has 0 spiro atoms. The van der Waals surface area contributed by atoms with Crippen LogP contribution in [0.2, 0.25) is 0 Å². The van der Waals surface area contributed by atoms with E-state index in [1.807, 2.05) is 11.8 Å². The summed E-state index contributed by atoms with van der Waals surface area (Å²) in [6.45, 7) is 6.53. The molecule has 1 heterocycles. The molecule has 2 nitrogen and oxygen atoms in total. The zero-order valence-electron chi connectivity index (χ0n) is 16.5. The van der Waals surface area contributed by atoms with Crippen LogP contribution in [0, 0.1) is 20.8 Å². The van der Waals surface area contributed by atoms with Gasteiger partial charge in [-0.3, -0.25) is 0 Å². The minimum atomic E-state index is 0.177. The van der Waals surface area contributed by atoms with Gasteiger partial charge in [0.15, 0.2) is 5.37 Å². The Morgan fingerprint density at radius 3 is 2.07 bits per heavy atom. The maximum atomic E-state index is 2.30. The van der Waals surface area contributed by atoms with E-state index in [1.54, 1.807) is 0 Å². The standard InChI is InChI=1S/C25H25N2S/c1-19-16-20(2)24(21(3)17-19)26-14-15-27(18-26)25(22-10-6-4-7-11-22)28-23-12-8-5-9-13-23/h4-18,25H,1-3H3/q+1. The van der Waals surface area contributed by atoms with Crippen LogP contribution in [0.15, 0.2) is 96.4 Å². The largest absolute Gasteiger partial charge is 0.250 e. The third-order valence-corrected chi connectivity index (χ3v) is 6.18. The molecule has 1 unspecified atom stereocenters. The zero-order valence-corrected chi connectivity index (χ0v) is 17.4. The fourth-order valence-electron chi connectivity index (χ4n) is 3.77. The Labute approximate surface area is 171 Å². The van der Waals surface area contributed by atoms with Gasteiger partial charge in [-0.15, -0.1) is 0 Å². The molecule has 0 aliphatic heterocycles. The van der Waals surface area contributed by atoms with Gasteiger partial charge in [0, 0.05) is 10.5 Å². The monoisotopic (exact) mass is 385 g/mol. The quantitative estimate of drug-likeness (QED) is 0.301. The average Bonchev–Trinajstić information content (AvgIpc) is 3.16. The minimum Gasteiger partial charge on any atom is -0.220 e. The Kier molecular flexibility index (Phi) is 5.36. The van der Waals surface area contributed by atoms with Crippen LogP contribution in [0.25, 0.3) is 5.69 Å². The number of aryl methyl sites for hydroxylation is 3. The molecule has 0 fully saturated rings. The SMILES string of the molecule is Cc1cc(C)c(-n2cc[n+](C(Sc3ccccc3)c3ccccc3)c2)c(C)c1. The molecule has 3 heteroatoms. The molecule has 0 radical (unpaired) electrons. The molecule has 0 saturated heterocycles. The molecule has 28 heavy (non-hydrogen) atoms. The molecular weight excluding hydrogens is 360 g/mol. The van der Waals surface area contributed by atoms with Crippen LogP contribution in [0.4, 0.5) is 0 Å². The lowest BCUT2D eigenvalue weighted by Crippen LogP contribution is -2.36. The van der Waals surface area contributed by atoms with E-state index in [1.165, 1.54) is 32.8 Å². The third kappa shape index (κ3) is 3.90. The molecule has 0 bridgehead atoms. The molecule has 0 N–H and O–H groups in total. The second-order valence-corrected chi connectivity index (χ2v) is 8.36. The molecule has 1 aromatic heterocycles. The highest BCUT2D eigenvalue weighted by atomic mass is 32.2. The number of hydrogen-bond donors (Lipinski definition) is 0. The van der Waals surface area contributed by atoms with Crippen LogP contribution < -0.4 is 4.57 Å². The van der Waals surface area contributed by atoms with E-state index in [2.05, 4.69) is 121 Å². The summed E-state index contributed by atoms with van der Waals surface area (Å²) >= 11 is 1.86. The summed E-state index contributed by atoms with van der Waals surface area (Å²) in [5.41, 5.74) is 6.46. The first kappa shape index (κ1) is 18.6. The van der Waals surface area contributed by atoms with Crippen LogP contribution in [-0.2, 0) is 0 Å². The molecule has 0 saturated carbocycles. The van der Waals surface area contributed by atoms with Crippen LogP contribution in [-0.4, -0.2) is 4.57 Å². The summed E-state index contributed by atoms with van der Waals surface area (Å²) < 4.78 is 4.54. The van der Waals surface area contributed by atoms with Gasteiger partial charge in [-0.2, -0.15) is 0 Å². The Hall–Kier alpha value is -2.78. The van der Waals surface area contributed by atoms with Gasteiger partial charge >= 0.3 is 0 Å². The van der Waals surface area contributed by atoms with E-state index in [0.29, 0.717) is 0 Å². The number of hydrogen-bond acceptors (Lipinski definition) is 1. The molecule has 0 amide bonds. The zero-order chi connectivity index (χ0) is 19.5. The molecule has 4 rings (SSSR count). The van der Waals surface area contributed by atoms with Gasteiger partial charge in [0.1, 0.15) is 18.1 Å². The van der Waals surface area contributed by atoms with Gasteiger partial charge in [-0.25, -0.2) is 9.13 Å². The molecule has 0 aliphatic rings. The average molecular weight is 386 g/mol. The van der Waals surface area contributed by atoms with Crippen LogP contribution in [0.1, 0.15) is 27.6 Å². The van der Waals surface area contributed by atoms with Gasteiger partial charge in [0.2, 0.25) is 6.33 Å². The van der Waals surface area contributed by atoms with E-state index >= 15 is 0 Å². The number of nitrogens with zero attached hydrogens (tertiary/aromatic N) is 2. The van der Waals surface area contributed by atoms with Crippen molar-refractivity contribution in [2.75, 3.05) is 0 Å². The number of benzene rings is 3. The fraction of sp³-hybridized carbons (Fsp3) is 0.160. The second-order valence-electron chi connectivity index (χ2n) is 7.21. The number of aromatic nitrogens is 2. The summed E-state index contributed by atoms with van der Waals surface area (Å²) in [5.74, 6) is 0. The Morgan fingerprint density at radius 1 is 0.821 bits per heavy atom. The summed E-state index contributed by atoms with van der Waals surface area (Å²) in [5, 5.41) is 0.177.